The van der Waals surface area contributed by atoms with Crippen LogP contribution in [0.4, 0.5) is 31.5 Å². The Bertz CT molecular complexity index is 2500. The largest absolute Gasteiger partial charge is 0.386 e. The second-order valence-corrected chi connectivity index (χ2v) is 15.8. The summed E-state index contributed by atoms with van der Waals surface area (Å²) in [4.78, 5) is 25.5. The van der Waals surface area contributed by atoms with Gasteiger partial charge in [0.2, 0.25) is 5.91 Å². The third-order valence-electron chi connectivity index (χ3n) is 10.6. The van der Waals surface area contributed by atoms with E-state index in [2.05, 4.69) is 15.5 Å². The number of carbonyl (C=O) groups is 1. The average Bonchev–Trinajstić information content (AvgIpc) is 3.37. The number of alkyl halides is 4. The normalized spacial score (nSPS) is 20.0. The third kappa shape index (κ3) is 5.61. The van der Waals surface area contributed by atoms with E-state index in [1.54, 1.807) is 18.7 Å². The number of β-amino-alcohol motifs (C(OH)–C–C–N with tert-alkyl or cyclic N) is 1. The number of fused-ring (bicyclic) bond motifs is 5. The van der Waals surface area contributed by atoms with Crippen molar-refractivity contribution in [2.75, 3.05) is 18.0 Å². The number of amides is 1. The molecule has 3 aliphatic rings. The molecule has 54 heavy (non-hydrogen) atoms. The van der Waals surface area contributed by atoms with Gasteiger partial charge >= 0.3 is 0 Å². The Kier molecular flexibility index (Phi) is 7.71. The molecule has 280 valence electrons. The molecule has 9 rings (SSSR count). The van der Waals surface area contributed by atoms with E-state index in [1.165, 1.54) is 11.3 Å². The van der Waals surface area contributed by atoms with Gasteiger partial charge in [0, 0.05) is 41.1 Å². The van der Waals surface area contributed by atoms with Gasteiger partial charge in [0.25, 0.3) is 12.3 Å². The van der Waals surface area contributed by atoms with Crippen LogP contribution in [0.15, 0.2) is 42.5 Å². The fourth-order valence-corrected chi connectivity index (χ4v) is 9.20. The summed E-state index contributed by atoms with van der Waals surface area (Å²) in [5.41, 5.74) is 0.933. The van der Waals surface area contributed by atoms with Crippen molar-refractivity contribution >= 4 is 43.6 Å². The molecule has 2 aromatic carbocycles. The minimum atomic E-state index is -3.44. The standard InChI is InChI=1S/C37H32F6N8O2S/c1-16-20-5-4-6-21(31(20)49(3)47-16)22-12-26-34(46-35(54-26)50-14-36(2,53)15-50)45-29(22)25(9-17-7-18(38)10-19(39)8-17)44-27(52)13-51-32-28(30(48-51)33(40)41)23-11-24(23)37(32,42)43/h4-8,10,12,23-25,33,53H,9,11,13-15H2,1-3H3,(H,44,52)/t23-,24+,25-/m0/s1. The van der Waals surface area contributed by atoms with Crippen LogP contribution in [0.5, 0.6) is 0 Å². The molecule has 0 spiro atoms. The van der Waals surface area contributed by atoms with E-state index in [1.807, 2.05) is 36.1 Å². The summed E-state index contributed by atoms with van der Waals surface area (Å²) in [5, 5.41) is 23.1. The first-order valence-corrected chi connectivity index (χ1v) is 18.1. The number of nitrogens with one attached hydrogen (secondary N) is 1. The molecule has 3 atom stereocenters. The lowest BCUT2D eigenvalue weighted by atomic mass is 9.94. The van der Waals surface area contributed by atoms with Gasteiger partial charge in [0.15, 0.2) is 10.8 Å². The zero-order valence-corrected chi connectivity index (χ0v) is 29.9. The van der Waals surface area contributed by atoms with Gasteiger partial charge in [0.05, 0.1) is 46.3 Å². The molecule has 0 bridgehead atoms. The number of para-hydroxylation sites is 1. The van der Waals surface area contributed by atoms with Crippen molar-refractivity contribution in [3.8, 4) is 11.1 Å². The van der Waals surface area contributed by atoms with Crippen LogP contribution in [0.1, 0.15) is 65.6 Å². The molecule has 4 aromatic heterocycles. The number of aromatic nitrogens is 6. The summed E-state index contributed by atoms with van der Waals surface area (Å²) in [6.45, 7) is 3.48. The summed E-state index contributed by atoms with van der Waals surface area (Å²) in [6.07, 6.45) is -3.24. The minimum absolute atomic E-state index is 0.0686. The Labute approximate surface area is 307 Å². The highest BCUT2D eigenvalue weighted by atomic mass is 32.1. The first-order valence-electron chi connectivity index (χ1n) is 17.3. The van der Waals surface area contributed by atoms with Gasteiger partial charge in [-0.1, -0.05) is 29.5 Å². The van der Waals surface area contributed by atoms with Crippen LogP contribution in [0.3, 0.4) is 0 Å². The predicted molar refractivity (Wildman–Crippen MR) is 188 cm³/mol. The number of thiazole rings is 1. The van der Waals surface area contributed by atoms with Gasteiger partial charge < -0.3 is 15.3 Å². The molecule has 6 aromatic rings. The quantitative estimate of drug-likeness (QED) is 0.155. The molecule has 1 saturated carbocycles. The molecule has 1 aliphatic heterocycles. The van der Waals surface area contributed by atoms with Crippen LogP contribution < -0.4 is 10.2 Å². The van der Waals surface area contributed by atoms with E-state index >= 15 is 8.78 Å². The summed E-state index contributed by atoms with van der Waals surface area (Å²) < 4.78 is 91.0. The van der Waals surface area contributed by atoms with Crippen molar-refractivity contribution in [2.24, 2.45) is 13.0 Å². The van der Waals surface area contributed by atoms with Crippen LogP contribution in [0, 0.1) is 24.5 Å². The summed E-state index contributed by atoms with van der Waals surface area (Å²) in [5.74, 6) is -7.86. The van der Waals surface area contributed by atoms with Crippen LogP contribution in [0.2, 0.25) is 0 Å². The highest BCUT2D eigenvalue weighted by Gasteiger charge is 2.67. The molecule has 1 saturated heterocycles. The zero-order chi connectivity index (χ0) is 38.0. The summed E-state index contributed by atoms with van der Waals surface area (Å²) in [6, 6.07) is 9.29. The molecule has 2 fully saturated rings. The maximum Gasteiger partial charge on any atom is 0.293 e. The molecule has 10 nitrogen and oxygen atoms in total. The van der Waals surface area contributed by atoms with Crippen molar-refractivity contribution in [3.63, 3.8) is 0 Å². The lowest BCUT2D eigenvalue weighted by Crippen LogP contribution is -2.60. The van der Waals surface area contributed by atoms with E-state index in [0.29, 0.717) is 50.4 Å². The Morgan fingerprint density at radius 1 is 1.06 bits per heavy atom. The van der Waals surface area contributed by atoms with Crippen LogP contribution in [-0.2, 0) is 30.7 Å². The maximum absolute atomic E-state index is 15.4. The molecule has 2 N–H and O–H groups in total. The SMILES string of the molecule is Cc1nn(C)c2c(-c3cc4sc(N5CC(C)(O)C5)nc4nc3[C@H](Cc3cc(F)cc(F)c3)NC(=O)Cn3nc(C(F)F)c4c3C(F)(F)[C@@H]3C[C@H]43)cccc12. The number of pyridine rings is 1. The number of carbonyl (C=O) groups excluding carboxylic acids is 1. The smallest absolute Gasteiger partial charge is 0.293 e. The van der Waals surface area contributed by atoms with Crippen molar-refractivity contribution in [2.45, 2.75) is 63.1 Å². The van der Waals surface area contributed by atoms with Crippen molar-refractivity contribution < 1.29 is 36.2 Å². The first-order chi connectivity index (χ1) is 25.6. The van der Waals surface area contributed by atoms with Crippen LogP contribution >= 0.6 is 11.3 Å². The number of rotatable bonds is 9. The molecule has 2 aliphatic carbocycles. The number of anilines is 1. The Hall–Kier alpha value is -5.03. The molecule has 5 heterocycles. The first kappa shape index (κ1) is 34.7. The van der Waals surface area contributed by atoms with Gasteiger partial charge in [-0.15, -0.1) is 0 Å². The number of benzene rings is 2. The minimum Gasteiger partial charge on any atom is -0.386 e. The van der Waals surface area contributed by atoms with E-state index in [9.17, 15) is 27.5 Å². The van der Waals surface area contributed by atoms with Gasteiger partial charge in [-0.2, -0.15) is 24.0 Å². The van der Waals surface area contributed by atoms with Crippen molar-refractivity contribution in [1.29, 1.82) is 0 Å². The van der Waals surface area contributed by atoms with Gasteiger partial charge in [-0.25, -0.2) is 22.5 Å². The van der Waals surface area contributed by atoms with E-state index in [0.717, 1.165) is 28.7 Å². The zero-order valence-electron chi connectivity index (χ0n) is 29.0. The summed E-state index contributed by atoms with van der Waals surface area (Å²) in [7, 11) is 1.79. The van der Waals surface area contributed by atoms with E-state index in [-0.39, 0.29) is 29.7 Å². The van der Waals surface area contributed by atoms with Gasteiger partial charge in [-0.05, 0) is 56.4 Å². The molecular formula is C37H32F6N8O2S. The molecule has 0 unspecified atom stereocenters. The Morgan fingerprint density at radius 3 is 2.50 bits per heavy atom. The second-order valence-electron chi connectivity index (χ2n) is 14.8. The number of hydrogen-bond acceptors (Lipinski definition) is 8. The number of halogens is 6. The second kappa shape index (κ2) is 12.0. The Morgan fingerprint density at radius 2 is 1.80 bits per heavy atom. The monoisotopic (exact) mass is 766 g/mol. The van der Waals surface area contributed by atoms with Crippen molar-refractivity contribution in [3.05, 3.63) is 88.0 Å². The van der Waals surface area contributed by atoms with E-state index < -0.39 is 71.3 Å². The van der Waals surface area contributed by atoms with Crippen LogP contribution in [-0.4, -0.2) is 59.2 Å². The lowest BCUT2D eigenvalue weighted by molar-refractivity contribution is -0.123. The molecule has 17 heteroatoms. The summed E-state index contributed by atoms with van der Waals surface area (Å²) >= 11 is 1.36. The topological polar surface area (TPSA) is 114 Å². The third-order valence-corrected chi connectivity index (χ3v) is 11.6. The Balaban J connectivity index is 1.18. The highest BCUT2D eigenvalue weighted by Crippen LogP contribution is 2.68. The molecular weight excluding hydrogens is 735 g/mol. The molecule has 1 amide bonds. The molecule has 0 radical (unpaired) electrons. The fourth-order valence-electron chi connectivity index (χ4n) is 8.26. The van der Waals surface area contributed by atoms with Crippen LogP contribution in [0.25, 0.3) is 32.4 Å². The number of nitrogens with zero attached hydrogens (tertiary/aromatic N) is 7. The number of hydrogen-bond donors (Lipinski definition) is 2. The van der Waals surface area contributed by atoms with Crippen molar-refractivity contribution in [1.82, 2.24) is 34.8 Å². The van der Waals surface area contributed by atoms with Gasteiger partial charge in [0.1, 0.15) is 29.6 Å². The average molecular weight is 767 g/mol. The van der Waals surface area contributed by atoms with E-state index in [4.69, 9.17) is 9.97 Å². The predicted octanol–water partition coefficient (Wildman–Crippen LogP) is 6.85. The fraction of sp³-hybridized carbons (Fsp3) is 0.378. The maximum atomic E-state index is 15.4. The lowest BCUT2D eigenvalue weighted by Gasteiger charge is -2.43. The van der Waals surface area contributed by atoms with Gasteiger partial charge in [-0.3, -0.25) is 14.2 Å². The number of aryl methyl sites for hydroxylation is 2. The highest BCUT2D eigenvalue weighted by molar-refractivity contribution is 7.22. The number of aliphatic hydroxyl groups is 1.